The molecule has 0 N–H and O–H groups in total. The summed E-state index contributed by atoms with van der Waals surface area (Å²) in [5, 5.41) is 16.8. The molecule has 0 heterocycles. The van der Waals surface area contributed by atoms with Crippen molar-refractivity contribution >= 4 is 111 Å². The van der Waals surface area contributed by atoms with E-state index in [2.05, 4.69) is 376 Å². The quantitative estimate of drug-likeness (QED) is 0.0344. The number of sulfonamides is 1. The Kier molecular flexibility index (Phi) is 32.2. The molecule has 0 aliphatic carbocycles. The summed E-state index contributed by atoms with van der Waals surface area (Å²) in [5.74, 6) is -0.163. The van der Waals surface area contributed by atoms with E-state index in [1.807, 2.05) is 42.5 Å². The number of unbranched alkanes of at least 4 members (excludes halogenated alkanes) is 3. The second-order valence-electron chi connectivity index (χ2n) is 24.5. The number of hydrogen-bond donors (Lipinski definition) is 0. The molecule has 0 saturated carbocycles. The van der Waals surface area contributed by atoms with Crippen LogP contribution in [0.5, 0.6) is 0 Å². The first-order chi connectivity index (χ1) is 51.7. The lowest BCUT2D eigenvalue weighted by molar-refractivity contribution is -0.143. The van der Waals surface area contributed by atoms with Crippen molar-refractivity contribution in [2.24, 2.45) is 0 Å². The predicted molar refractivity (Wildman–Crippen MR) is 457 cm³/mol. The third-order valence-corrected chi connectivity index (χ3v) is 27.9. The van der Waals surface area contributed by atoms with Gasteiger partial charge in [-0.25, -0.2) is 8.42 Å². The Hall–Kier alpha value is -9.82. The zero-order valence-corrected chi connectivity index (χ0v) is 64.2. The Morgan fingerprint density at radius 2 is 0.476 bits per heavy atom. The molecule has 0 fully saturated rings. The summed E-state index contributed by atoms with van der Waals surface area (Å²) in [4.78, 5) is 11.3. The highest BCUT2D eigenvalue weighted by atomic mass is 32.2. The average Bonchev–Trinajstić information content (AvgIpc) is 0.846. The molecule has 0 spiro atoms. The van der Waals surface area contributed by atoms with Crippen LogP contribution in [0.2, 0.25) is 0 Å². The summed E-state index contributed by atoms with van der Waals surface area (Å²) in [6.45, 7) is 3.07. The fourth-order valence-corrected chi connectivity index (χ4v) is 21.9. The van der Waals surface area contributed by atoms with Gasteiger partial charge in [0.15, 0.2) is 0 Å². The fourth-order valence-electron chi connectivity index (χ4n) is 11.9. The van der Waals surface area contributed by atoms with E-state index in [-0.39, 0.29) is 5.97 Å². The van der Waals surface area contributed by atoms with Crippen molar-refractivity contribution in [1.29, 1.82) is 0 Å². The fraction of sp³-hybridized carbons (Fsp3) is 0.105. The van der Waals surface area contributed by atoms with Crippen LogP contribution in [0.15, 0.2) is 419 Å². The Balaban J connectivity index is 0.000000142. The molecule has 14 rings (SSSR count). The molecule has 0 saturated heterocycles. The van der Waals surface area contributed by atoms with E-state index in [1.165, 1.54) is 74.2 Å². The van der Waals surface area contributed by atoms with Crippen LogP contribution in [0.1, 0.15) is 44.6 Å². The van der Waals surface area contributed by atoms with Crippen molar-refractivity contribution in [3.63, 3.8) is 0 Å². The van der Waals surface area contributed by atoms with Gasteiger partial charge in [0.1, 0.15) is 0 Å². The van der Waals surface area contributed by atoms with E-state index in [1.54, 1.807) is 6.92 Å². The van der Waals surface area contributed by atoms with Gasteiger partial charge >= 0.3 is 5.97 Å². The van der Waals surface area contributed by atoms with E-state index in [0.717, 1.165) is 42.4 Å². The lowest BCUT2D eigenvalue weighted by Crippen LogP contribution is -2.30. The van der Waals surface area contributed by atoms with Gasteiger partial charge in [-0.05, 0) is 132 Å². The van der Waals surface area contributed by atoms with E-state index >= 15 is 0 Å². The molecule has 14 aromatic carbocycles. The van der Waals surface area contributed by atoms with Crippen molar-refractivity contribution in [3.8, 4) is 11.1 Å². The van der Waals surface area contributed by atoms with Crippen molar-refractivity contribution in [2.45, 2.75) is 45.6 Å². The highest BCUT2D eigenvalue weighted by molar-refractivity contribution is 7.88. The predicted octanol–water partition coefficient (Wildman–Crippen LogP) is 18.4. The van der Waals surface area contributed by atoms with E-state index in [4.69, 9.17) is 4.74 Å². The highest BCUT2D eigenvalue weighted by Crippen LogP contribution is 2.36. The van der Waals surface area contributed by atoms with Crippen molar-refractivity contribution < 1.29 is 17.9 Å². The maximum absolute atomic E-state index is 12.2. The van der Waals surface area contributed by atoms with Crippen LogP contribution in [0, 0.1) is 0 Å². The Morgan fingerprint density at radius 3 is 0.686 bits per heavy atom. The van der Waals surface area contributed by atoms with Crippen LogP contribution >= 0.6 is 31.7 Å². The van der Waals surface area contributed by atoms with Gasteiger partial charge in [-0.3, -0.25) is 4.79 Å². The van der Waals surface area contributed by atoms with Crippen LogP contribution in [-0.2, 0) is 26.1 Å². The third kappa shape index (κ3) is 25.2. The van der Waals surface area contributed by atoms with Gasteiger partial charge in [-0.15, -0.1) is 0 Å². The molecule has 0 aliphatic rings. The van der Waals surface area contributed by atoms with Gasteiger partial charge in [-0.1, -0.05) is 431 Å². The number of carbonyl (C=O) groups excluding carboxylic acids is 1. The number of rotatable bonds is 24. The van der Waals surface area contributed by atoms with Gasteiger partial charge in [-0.2, -0.15) is 4.31 Å². The molecule has 0 aliphatic heterocycles. The summed E-state index contributed by atoms with van der Waals surface area (Å²) in [6.07, 6.45) is 5.01. The molecule has 105 heavy (non-hydrogen) atoms. The normalized spacial score (nSPS) is 10.8. The molecule has 0 unspecified atom stereocenters. The SMILES string of the molecule is CCOC(=O)CCCCCCN(Cc1ccc(-c2ccccc2)cc1)S(C)(=O)=O.c1ccc(P(c2ccccc2)c2ccccc2)cc1.c1ccc(P(c2ccccc2)c2ccccc2)cc1.c1ccc(P(c2ccccc2)c2ccccc2)cc1.c1ccc(P(c2ccccc2)c2ccccc2)cc1. The van der Waals surface area contributed by atoms with Crippen LogP contribution in [-0.4, -0.2) is 38.1 Å². The van der Waals surface area contributed by atoms with Crippen molar-refractivity contribution in [3.05, 3.63) is 424 Å². The van der Waals surface area contributed by atoms with E-state index < -0.39 is 41.7 Å². The van der Waals surface area contributed by atoms with Crippen LogP contribution in [0.25, 0.3) is 11.1 Å². The molecule has 0 aromatic heterocycles. The molecule has 526 valence electrons. The Labute approximate surface area is 629 Å². The van der Waals surface area contributed by atoms with E-state index in [0.29, 0.717) is 26.1 Å². The first-order valence-corrected chi connectivity index (χ1v) is 43.0. The van der Waals surface area contributed by atoms with Gasteiger partial charge in [0.25, 0.3) is 0 Å². The van der Waals surface area contributed by atoms with Gasteiger partial charge in [0.05, 0.1) is 12.9 Å². The van der Waals surface area contributed by atoms with Crippen LogP contribution in [0.4, 0.5) is 0 Å². The summed E-state index contributed by atoms with van der Waals surface area (Å²) >= 11 is 0. The zero-order valence-electron chi connectivity index (χ0n) is 59.8. The molecular weight excluding hydrogens is 1380 g/mol. The molecule has 14 aromatic rings. The minimum atomic E-state index is -3.28. The smallest absolute Gasteiger partial charge is 0.305 e. The largest absolute Gasteiger partial charge is 0.466 e. The van der Waals surface area contributed by atoms with Crippen molar-refractivity contribution in [2.75, 3.05) is 19.4 Å². The molecule has 0 bridgehead atoms. The number of carbonyl (C=O) groups is 1. The number of esters is 1. The number of hydrogen-bond acceptors (Lipinski definition) is 4. The molecule has 0 radical (unpaired) electrons. The lowest BCUT2D eigenvalue weighted by Gasteiger charge is -2.20. The molecule has 10 heteroatoms. The van der Waals surface area contributed by atoms with Gasteiger partial charge in [0, 0.05) is 19.5 Å². The molecule has 5 nitrogen and oxygen atoms in total. The Bertz CT molecular complexity index is 3920. The summed E-state index contributed by atoms with van der Waals surface area (Å²) in [7, 11) is -5.06. The van der Waals surface area contributed by atoms with Gasteiger partial charge < -0.3 is 4.74 Å². The van der Waals surface area contributed by atoms with E-state index in [9.17, 15) is 13.2 Å². The zero-order chi connectivity index (χ0) is 72.8. The number of ether oxygens (including phenoxy) is 1. The highest BCUT2D eigenvalue weighted by Gasteiger charge is 2.20. The molecule has 0 atom stereocenters. The maximum Gasteiger partial charge on any atom is 0.305 e. The van der Waals surface area contributed by atoms with Crippen molar-refractivity contribution in [1.82, 2.24) is 4.31 Å². The van der Waals surface area contributed by atoms with Crippen LogP contribution in [0.3, 0.4) is 0 Å². The van der Waals surface area contributed by atoms with Gasteiger partial charge in [0.2, 0.25) is 10.0 Å². The maximum atomic E-state index is 12.2. The average molecular weight is 1470 g/mol. The number of benzene rings is 14. The topological polar surface area (TPSA) is 63.7 Å². The molecular formula is C95H91NO4P4S. The summed E-state index contributed by atoms with van der Waals surface area (Å²) in [5.41, 5.74) is 3.22. The third-order valence-electron chi connectivity index (χ3n) is 16.9. The monoisotopic (exact) mass is 1470 g/mol. The first-order valence-electron chi connectivity index (χ1n) is 35.8. The first kappa shape index (κ1) is 77.8. The second kappa shape index (κ2) is 43.5. The summed E-state index contributed by atoms with van der Waals surface area (Å²) in [6, 6.07) is 147. The minimum Gasteiger partial charge on any atom is -0.466 e. The number of nitrogens with zero attached hydrogens (tertiary/aromatic N) is 1. The lowest BCUT2D eigenvalue weighted by atomic mass is 10.0. The molecule has 0 amide bonds. The summed E-state index contributed by atoms with van der Waals surface area (Å²) < 4.78 is 30.8. The standard InChI is InChI=1S/C23H31NO4S.4C18H15P/c1-3-28-23(25)13-9-4-5-10-18-24(29(2,26)27)19-20-14-16-22(17-15-20)21-11-7-6-8-12-21;4*1-4-10-16(11-5-1)19(17-12-6-2-7-13-17)18-14-8-3-9-15-18/h6-8,11-12,14-17H,3-5,9-10,13,18-19H2,1-2H3;4*1-15H. The minimum absolute atomic E-state index is 0.163. The second-order valence-corrected chi connectivity index (χ2v) is 35.4. The van der Waals surface area contributed by atoms with Crippen LogP contribution < -0.4 is 63.7 Å². The Morgan fingerprint density at radius 1 is 0.276 bits per heavy atom.